The van der Waals surface area contributed by atoms with Crippen LogP contribution in [0.25, 0.3) is 0 Å². The summed E-state index contributed by atoms with van der Waals surface area (Å²) in [5.41, 5.74) is 0.897. The summed E-state index contributed by atoms with van der Waals surface area (Å²) in [6.07, 6.45) is 1.76. The molecule has 4 heteroatoms. The number of ether oxygens (including phenoxy) is 1. The fourth-order valence-corrected chi connectivity index (χ4v) is 2.34. The summed E-state index contributed by atoms with van der Waals surface area (Å²) in [6, 6.07) is 4.59. The number of thioether (sulfide) groups is 1. The average molecular weight is 253 g/mol. The zero-order chi connectivity index (χ0) is 12.7. The minimum atomic E-state index is -0.243. The number of rotatable bonds is 6. The largest absolute Gasteiger partial charge is 0.496 e. The monoisotopic (exact) mass is 253 g/mol. The van der Waals surface area contributed by atoms with Crippen LogP contribution in [0.4, 0.5) is 4.39 Å². The number of benzene rings is 1. The van der Waals surface area contributed by atoms with Crippen LogP contribution in [0, 0.1) is 16.5 Å². The molecule has 1 aromatic rings. The van der Waals surface area contributed by atoms with Gasteiger partial charge in [-0.25, -0.2) is 4.39 Å². The van der Waals surface area contributed by atoms with Crippen molar-refractivity contribution in [2.24, 2.45) is 0 Å². The maximum Gasteiger partial charge on any atom is 0.133 e. The highest BCUT2D eigenvalue weighted by atomic mass is 32.2. The Balaban J connectivity index is 2.86. The van der Waals surface area contributed by atoms with Crippen molar-refractivity contribution in [2.45, 2.75) is 25.7 Å². The molecular formula is C13H16FNOS. The molecule has 0 fully saturated rings. The zero-order valence-corrected chi connectivity index (χ0v) is 10.9. The molecule has 0 saturated carbocycles. The Bertz CT molecular complexity index is 403. The van der Waals surface area contributed by atoms with Gasteiger partial charge >= 0.3 is 0 Å². The van der Waals surface area contributed by atoms with E-state index in [9.17, 15) is 4.39 Å². The van der Waals surface area contributed by atoms with Crippen molar-refractivity contribution in [3.05, 3.63) is 29.6 Å². The number of thiocyanates is 1. The van der Waals surface area contributed by atoms with E-state index in [1.807, 2.05) is 5.40 Å². The molecule has 0 radical (unpaired) electrons. The van der Waals surface area contributed by atoms with Crippen molar-refractivity contribution in [1.29, 1.82) is 5.26 Å². The quantitative estimate of drug-likeness (QED) is 0.569. The molecule has 1 unspecified atom stereocenters. The number of hydrogen-bond acceptors (Lipinski definition) is 3. The fraction of sp³-hybridized carbons (Fsp3) is 0.462. The predicted molar refractivity (Wildman–Crippen MR) is 68.7 cm³/mol. The second-order valence-corrected chi connectivity index (χ2v) is 4.60. The Morgan fingerprint density at radius 2 is 2.29 bits per heavy atom. The van der Waals surface area contributed by atoms with Gasteiger partial charge in [0.25, 0.3) is 0 Å². The summed E-state index contributed by atoms with van der Waals surface area (Å²) in [6.45, 7) is 2.06. The van der Waals surface area contributed by atoms with Crippen LogP contribution in [0.3, 0.4) is 0 Å². The maximum absolute atomic E-state index is 13.3. The molecule has 0 aromatic heterocycles. The lowest BCUT2D eigenvalue weighted by molar-refractivity contribution is 0.402. The molecule has 0 saturated heterocycles. The molecule has 0 aliphatic heterocycles. The summed E-state index contributed by atoms with van der Waals surface area (Å²) in [5.74, 6) is 1.48. The Morgan fingerprint density at radius 1 is 1.53 bits per heavy atom. The van der Waals surface area contributed by atoms with Crippen LogP contribution in [0.2, 0.25) is 0 Å². The van der Waals surface area contributed by atoms with Gasteiger partial charge in [0.15, 0.2) is 0 Å². The predicted octanol–water partition coefficient (Wildman–Crippen LogP) is 3.93. The van der Waals surface area contributed by atoms with Gasteiger partial charge in [0.2, 0.25) is 0 Å². The van der Waals surface area contributed by atoms with Gasteiger partial charge < -0.3 is 4.74 Å². The van der Waals surface area contributed by atoms with Gasteiger partial charge in [-0.15, -0.1) is 0 Å². The Labute approximate surface area is 106 Å². The number of nitrogens with zero attached hydrogens (tertiary/aromatic N) is 1. The van der Waals surface area contributed by atoms with Crippen LogP contribution in [-0.4, -0.2) is 12.9 Å². The first-order chi connectivity index (χ1) is 8.22. The third kappa shape index (κ3) is 3.94. The molecule has 0 spiro atoms. The number of halogens is 1. The van der Waals surface area contributed by atoms with Crippen molar-refractivity contribution >= 4 is 11.8 Å². The van der Waals surface area contributed by atoms with E-state index >= 15 is 0 Å². The van der Waals surface area contributed by atoms with E-state index < -0.39 is 0 Å². The Kier molecular flexibility index (Phi) is 5.85. The highest BCUT2D eigenvalue weighted by Gasteiger charge is 2.15. The molecule has 0 aliphatic carbocycles. The molecule has 0 N–H and O–H groups in total. The van der Waals surface area contributed by atoms with Crippen molar-refractivity contribution in [1.82, 2.24) is 0 Å². The third-order valence-corrected chi connectivity index (χ3v) is 3.33. The molecule has 0 heterocycles. The van der Waals surface area contributed by atoms with Crippen LogP contribution < -0.4 is 4.74 Å². The van der Waals surface area contributed by atoms with Crippen molar-refractivity contribution in [3.8, 4) is 11.2 Å². The normalized spacial score (nSPS) is 11.9. The molecule has 1 atom stereocenters. The number of hydrogen-bond donors (Lipinski definition) is 0. The van der Waals surface area contributed by atoms with Crippen LogP contribution in [0.1, 0.15) is 31.2 Å². The first-order valence-corrected chi connectivity index (χ1v) is 6.55. The van der Waals surface area contributed by atoms with E-state index in [0.29, 0.717) is 0 Å². The van der Waals surface area contributed by atoms with E-state index in [0.717, 1.165) is 29.9 Å². The van der Waals surface area contributed by atoms with Crippen LogP contribution >= 0.6 is 11.8 Å². The molecule has 0 aliphatic rings. The van der Waals surface area contributed by atoms with Gasteiger partial charge in [-0.1, -0.05) is 6.92 Å². The lowest BCUT2D eigenvalue weighted by Gasteiger charge is -2.17. The second-order valence-electron chi connectivity index (χ2n) is 3.72. The molecule has 0 bridgehead atoms. The molecule has 1 rings (SSSR count). The van der Waals surface area contributed by atoms with E-state index in [4.69, 9.17) is 10.00 Å². The topological polar surface area (TPSA) is 33.0 Å². The Morgan fingerprint density at radius 3 is 2.88 bits per heavy atom. The summed E-state index contributed by atoms with van der Waals surface area (Å²) < 4.78 is 18.5. The molecule has 17 heavy (non-hydrogen) atoms. The first-order valence-electron chi connectivity index (χ1n) is 5.57. The lowest BCUT2D eigenvalue weighted by atomic mass is 9.93. The van der Waals surface area contributed by atoms with Crippen LogP contribution in [-0.2, 0) is 0 Å². The van der Waals surface area contributed by atoms with E-state index in [2.05, 4.69) is 6.92 Å². The molecule has 92 valence electrons. The summed E-state index contributed by atoms with van der Waals surface area (Å²) in [7, 11) is 1.59. The van der Waals surface area contributed by atoms with Gasteiger partial charge in [0.05, 0.1) is 7.11 Å². The van der Waals surface area contributed by atoms with Gasteiger partial charge in [-0.3, -0.25) is 0 Å². The Hall–Kier alpha value is -1.21. The SMILES string of the molecule is CCC(CCSC#N)c1cc(F)ccc1OC. The summed E-state index contributed by atoms with van der Waals surface area (Å²) >= 11 is 1.24. The highest BCUT2D eigenvalue weighted by Crippen LogP contribution is 2.32. The smallest absolute Gasteiger partial charge is 0.133 e. The standard InChI is InChI=1S/C13H16FNOS/c1-3-10(6-7-17-9-15)12-8-11(14)4-5-13(12)16-2/h4-5,8,10H,3,6-7H2,1-2H3. The van der Waals surface area contributed by atoms with E-state index in [1.54, 1.807) is 13.2 Å². The number of methoxy groups -OCH3 is 1. The molecule has 2 nitrogen and oxygen atoms in total. The van der Waals surface area contributed by atoms with Crippen molar-refractivity contribution in [3.63, 3.8) is 0 Å². The molecule has 0 amide bonds. The van der Waals surface area contributed by atoms with Gasteiger partial charge in [0.1, 0.15) is 17.0 Å². The molecular weight excluding hydrogens is 237 g/mol. The van der Waals surface area contributed by atoms with Gasteiger partial charge in [0, 0.05) is 11.3 Å². The first kappa shape index (κ1) is 13.9. The van der Waals surface area contributed by atoms with Crippen molar-refractivity contribution < 1.29 is 9.13 Å². The minimum Gasteiger partial charge on any atom is -0.496 e. The van der Waals surface area contributed by atoms with Gasteiger partial charge in [-0.05, 0) is 48.7 Å². The summed E-state index contributed by atoms with van der Waals surface area (Å²) in [4.78, 5) is 0. The van der Waals surface area contributed by atoms with Crippen molar-refractivity contribution in [2.75, 3.05) is 12.9 Å². The zero-order valence-electron chi connectivity index (χ0n) is 10.1. The number of nitriles is 1. The molecule has 1 aromatic carbocycles. The highest BCUT2D eigenvalue weighted by molar-refractivity contribution is 8.03. The minimum absolute atomic E-state index is 0.237. The van der Waals surface area contributed by atoms with E-state index in [1.165, 1.54) is 23.9 Å². The van der Waals surface area contributed by atoms with Crippen LogP contribution in [0.15, 0.2) is 18.2 Å². The van der Waals surface area contributed by atoms with E-state index in [-0.39, 0.29) is 11.7 Å². The maximum atomic E-state index is 13.3. The lowest BCUT2D eigenvalue weighted by Crippen LogP contribution is -2.02. The van der Waals surface area contributed by atoms with Crippen LogP contribution in [0.5, 0.6) is 5.75 Å². The third-order valence-electron chi connectivity index (χ3n) is 2.76. The summed E-state index contributed by atoms with van der Waals surface area (Å²) in [5, 5.41) is 10.5. The van der Waals surface area contributed by atoms with Gasteiger partial charge in [-0.2, -0.15) is 5.26 Å². The average Bonchev–Trinajstić information content (AvgIpc) is 2.35. The fourth-order valence-electron chi connectivity index (χ4n) is 1.85. The second kappa shape index (κ2) is 7.18.